The highest BCUT2D eigenvalue weighted by molar-refractivity contribution is 7.92. The molecule has 220 valence electrons. The molecule has 1 N–H and O–H groups in total. The van der Waals surface area contributed by atoms with Crippen molar-refractivity contribution in [3.63, 3.8) is 0 Å². The number of benzene rings is 3. The standard InChI is InChI=1S/C32H41N3O5S/c1-24(2)33-32(37)29(22-26-15-7-6-8-16-26)34(23-27-17-10-9-14-25(27)3)31(36)20-13-21-35(41(5,38)39)28-18-11-12-19-30(28)40-4/h6-12,14-19,24,29H,13,20-23H2,1-5H3,(H,33,37)/t29-/m1/s1. The Kier molecular flexibility index (Phi) is 11.3. The molecule has 0 radical (unpaired) electrons. The van der Waals surface area contributed by atoms with Gasteiger partial charge in [-0.3, -0.25) is 13.9 Å². The predicted molar refractivity (Wildman–Crippen MR) is 163 cm³/mol. The highest BCUT2D eigenvalue weighted by Crippen LogP contribution is 2.30. The lowest BCUT2D eigenvalue weighted by Crippen LogP contribution is -2.52. The van der Waals surface area contributed by atoms with Crippen molar-refractivity contribution in [2.24, 2.45) is 0 Å². The van der Waals surface area contributed by atoms with E-state index in [1.165, 1.54) is 11.4 Å². The lowest BCUT2D eigenvalue weighted by Gasteiger charge is -2.33. The maximum Gasteiger partial charge on any atom is 0.243 e. The van der Waals surface area contributed by atoms with E-state index in [4.69, 9.17) is 4.74 Å². The average Bonchev–Trinajstić information content (AvgIpc) is 2.93. The third-order valence-electron chi connectivity index (χ3n) is 6.81. The largest absolute Gasteiger partial charge is 0.495 e. The number of carbonyl (C=O) groups excluding carboxylic acids is 2. The van der Waals surface area contributed by atoms with Gasteiger partial charge in [0, 0.05) is 32.0 Å². The van der Waals surface area contributed by atoms with Gasteiger partial charge in [0.25, 0.3) is 0 Å². The number of hydrogen-bond acceptors (Lipinski definition) is 5. The fourth-order valence-electron chi connectivity index (χ4n) is 4.72. The topological polar surface area (TPSA) is 96.0 Å². The summed E-state index contributed by atoms with van der Waals surface area (Å²) >= 11 is 0. The predicted octanol–water partition coefficient (Wildman–Crippen LogP) is 4.71. The zero-order chi connectivity index (χ0) is 30.0. The molecule has 0 aliphatic carbocycles. The molecular formula is C32H41N3O5S. The van der Waals surface area contributed by atoms with E-state index >= 15 is 0 Å². The number of nitrogens with one attached hydrogen (secondary N) is 1. The molecule has 41 heavy (non-hydrogen) atoms. The van der Waals surface area contributed by atoms with E-state index in [0.717, 1.165) is 22.9 Å². The molecule has 0 bridgehead atoms. The second-order valence-corrected chi connectivity index (χ2v) is 12.3. The Morgan fingerprint density at radius 2 is 1.56 bits per heavy atom. The molecule has 0 saturated carbocycles. The maximum absolute atomic E-state index is 13.9. The first-order valence-electron chi connectivity index (χ1n) is 13.8. The quantitative estimate of drug-likeness (QED) is 0.298. The number of ether oxygens (including phenoxy) is 1. The molecule has 2 amide bonds. The lowest BCUT2D eigenvalue weighted by atomic mass is 10.0. The monoisotopic (exact) mass is 579 g/mol. The third-order valence-corrected chi connectivity index (χ3v) is 7.99. The number of aryl methyl sites for hydroxylation is 1. The molecule has 3 aromatic rings. The Morgan fingerprint density at radius 3 is 2.20 bits per heavy atom. The number of amides is 2. The van der Waals surface area contributed by atoms with Crippen LogP contribution in [0.4, 0.5) is 5.69 Å². The summed E-state index contributed by atoms with van der Waals surface area (Å²) in [5.74, 6) is -0.0159. The van der Waals surface area contributed by atoms with Crippen molar-refractivity contribution in [3.8, 4) is 5.75 Å². The molecule has 1 atom stereocenters. The van der Waals surface area contributed by atoms with Gasteiger partial charge in [0.2, 0.25) is 21.8 Å². The summed E-state index contributed by atoms with van der Waals surface area (Å²) < 4.78 is 32.1. The van der Waals surface area contributed by atoms with Crippen LogP contribution in [0.5, 0.6) is 5.75 Å². The normalized spacial score (nSPS) is 12.0. The zero-order valence-corrected chi connectivity index (χ0v) is 25.4. The van der Waals surface area contributed by atoms with E-state index < -0.39 is 16.1 Å². The Hall–Kier alpha value is -3.85. The average molecular weight is 580 g/mol. The summed E-state index contributed by atoms with van der Waals surface area (Å²) in [5.41, 5.74) is 3.33. The van der Waals surface area contributed by atoms with E-state index in [1.54, 1.807) is 29.2 Å². The van der Waals surface area contributed by atoms with Crippen molar-refractivity contribution in [2.75, 3.05) is 24.2 Å². The fourth-order valence-corrected chi connectivity index (χ4v) is 5.69. The van der Waals surface area contributed by atoms with Gasteiger partial charge in [0.1, 0.15) is 11.8 Å². The number of para-hydroxylation sites is 2. The van der Waals surface area contributed by atoms with Crippen LogP contribution < -0.4 is 14.4 Å². The minimum absolute atomic E-state index is 0.0628. The Labute approximate surface area is 244 Å². The lowest BCUT2D eigenvalue weighted by molar-refractivity contribution is -0.141. The summed E-state index contributed by atoms with van der Waals surface area (Å²) in [6.07, 6.45) is 1.82. The van der Waals surface area contributed by atoms with Gasteiger partial charge in [-0.05, 0) is 56.0 Å². The summed E-state index contributed by atoms with van der Waals surface area (Å²) in [6, 6.07) is 23.5. The van der Waals surface area contributed by atoms with Crippen LogP contribution >= 0.6 is 0 Å². The van der Waals surface area contributed by atoms with Crippen LogP contribution in [0.25, 0.3) is 0 Å². The Morgan fingerprint density at radius 1 is 0.927 bits per heavy atom. The molecule has 0 fully saturated rings. The van der Waals surface area contributed by atoms with Crippen molar-refractivity contribution in [1.82, 2.24) is 10.2 Å². The van der Waals surface area contributed by atoms with Crippen LogP contribution in [0, 0.1) is 6.92 Å². The summed E-state index contributed by atoms with van der Waals surface area (Å²) in [6.45, 7) is 6.11. The van der Waals surface area contributed by atoms with Gasteiger partial charge in [0.05, 0.1) is 19.1 Å². The Bertz CT molecular complexity index is 1410. The zero-order valence-electron chi connectivity index (χ0n) is 24.5. The van der Waals surface area contributed by atoms with E-state index in [0.29, 0.717) is 17.9 Å². The molecule has 0 spiro atoms. The van der Waals surface area contributed by atoms with E-state index in [1.807, 2.05) is 75.4 Å². The van der Waals surface area contributed by atoms with Gasteiger partial charge >= 0.3 is 0 Å². The van der Waals surface area contributed by atoms with Crippen molar-refractivity contribution < 1.29 is 22.7 Å². The number of anilines is 1. The highest BCUT2D eigenvalue weighted by Gasteiger charge is 2.31. The minimum atomic E-state index is -3.64. The first-order valence-corrected chi connectivity index (χ1v) is 15.6. The van der Waals surface area contributed by atoms with Crippen LogP contribution in [0.2, 0.25) is 0 Å². The highest BCUT2D eigenvalue weighted by atomic mass is 32.2. The van der Waals surface area contributed by atoms with Gasteiger partial charge in [0.15, 0.2) is 0 Å². The van der Waals surface area contributed by atoms with Crippen LogP contribution in [0.15, 0.2) is 78.9 Å². The van der Waals surface area contributed by atoms with Crippen LogP contribution in [0.3, 0.4) is 0 Å². The van der Waals surface area contributed by atoms with Gasteiger partial charge in [-0.25, -0.2) is 8.42 Å². The molecule has 0 aliphatic heterocycles. The first-order chi connectivity index (χ1) is 19.5. The number of nitrogens with zero attached hydrogens (tertiary/aromatic N) is 2. The SMILES string of the molecule is COc1ccccc1N(CCCC(=O)N(Cc1ccccc1C)[C@H](Cc1ccccc1)C(=O)NC(C)C)S(C)(=O)=O. The van der Waals surface area contributed by atoms with Crippen LogP contribution in [-0.2, 0) is 32.6 Å². The molecule has 0 aliphatic rings. The van der Waals surface area contributed by atoms with E-state index in [-0.39, 0.29) is 43.8 Å². The van der Waals surface area contributed by atoms with Crippen molar-refractivity contribution in [1.29, 1.82) is 0 Å². The van der Waals surface area contributed by atoms with Gasteiger partial charge in [-0.2, -0.15) is 0 Å². The van der Waals surface area contributed by atoms with Crippen LogP contribution in [-0.4, -0.2) is 57.1 Å². The number of rotatable bonds is 14. The summed E-state index contributed by atoms with van der Waals surface area (Å²) in [7, 11) is -2.16. The maximum atomic E-state index is 13.9. The number of methoxy groups -OCH3 is 1. The molecule has 3 aromatic carbocycles. The molecular weight excluding hydrogens is 538 g/mol. The first kappa shape index (κ1) is 31.7. The molecule has 8 nitrogen and oxygen atoms in total. The van der Waals surface area contributed by atoms with Crippen molar-refractivity contribution in [3.05, 3.63) is 95.6 Å². The molecule has 0 unspecified atom stereocenters. The van der Waals surface area contributed by atoms with Gasteiger partial charge in [-0.1, -0.05) is 66.7 Å². The van der Waals surface area contributed by atoms with Crippen LogP contribution in [0.1, 0.15) is 43.4 Å². The smallest absolute Gasteiger partial charge is 0.243 e. The second kappa shape index (κ2) is 14.7. The van der Waals surface area contributed by atoms with E-state index in [9.17, 15) is 18.0 Å². The summed E-state index contributed by atoms with van der Waals surface area (Å²) in [4.78, 5) is 29.1. The summed E-state index contributed by atoms with van der Waals surface area (Å²) in [5, 5.41) is 2.99. The molecule has 3 rings (SSSR count). The van der Waals surface area contributed by atoms with Crippen molar-refractivity contribution >= 4 is 27.5 Å². The minimum Gasteiger partial charge on any atom is -0.495 e. The number of hydrogen-bond donors (Lipinski definition) is 1. The number of sulfonamides is 1. The number of carbonyl (C=O) groups is 2. The molecule has 9 heteroatoms. The van der Waals surface area contributed by atoms with Crippen molar-refractivity contribution in [2.45, 2.75) is 58.7 Å². The molecule has 0 aromatic heterocycles. The molecule has 0 saturated heterocycles. The van der Waals surface area contributed by atoms with Gasteiger partial charge < -0.3 is 15.0 Å². The second-order valence-electron chi connectivity index (χ2n) is 10.4. The van der Waals surface area contributed by atoms with Gasteiger partial charge in [-0.15, -0.1) is 0 Å². The fraction of sp³-hybridized carbons (Fsp3) is 0.375. The Balaban J connectivity index is 1.90. The molecule has 0 heterocycles. The van der Waals surface area contributed by atoms with E-state index in [2.05, 4.69) is 5.32 Å². The third kappa shape index (κ3) is 9.08.